The van der Waals surface area contributed by atoms with Crippen LogP contribution in [0.1, 0.15) is 39.0 Å². The van der Waals surface area contributed by atoms with Gasteiger partial charge in [-0.15, -0.1) is 0 Å². The van der Waals surface area contributed by atoms with E-state index in [0.29, 0.717) is 6.42 Å². The molecular weight excluding hydrogens is 446 g/mol. The number of aliphatic hydroxyl groups is 1. The molecule has 3 N–H and O–H groups in total. The number of aliphatic hydroxyl groups excluding tert-OH is 1. The van der Waals surface area contributed by atoms with Crippen molar-refractivity contribution in [1.82, 2.24) is 5.32 Å². The average Bonchev–Trinajstić information content (AvgIpc) is 2.48. The fourth-order valence-electron chi connectivity index (χ4n) is 2.48. The zero-order valence-corrected chi connectivity index (χ0v) is 22.6. The maximum atomic E-state index is 11.7. The van der Waals surface area contributed by atoms with Crippen molar-refractivity contribution >= 4 is 28.2 Å². The van der Waals surface area contributed by atoms with Gasteiger partial charge in [0.15, 0.2) is 0 Å². The second-order valence-electron chi connectivity index (χ2n) is 6.16. The smallest absolute Gasteiger partial charge is 0.726 e. The Hall–Kier alpha value is 0.200. The van der Waals surface area contributed by atoms with Gasteiger partial charge in [0.25, 0.3) is 0 Å². The first-order valence-corrected chi connectivity index (χ1v) is 10.0. The number of unbranched alkanes of at least 4 members (excludes halogenated alkanes) is 3. The minimum atomic E-state index is -4.92. The molecular formula is C15H28N2Na2O10S. The minimum Gasteiger partial charge on any atom is -0.726 e. The van der Waals surface area contributed by atoms with Crippen LogP contribution >= 0.6 is 0 Å². The monoisotopic (exact) mass is 474 g/mol. The Morgan fingerprint density at radius 3 is 1.80 bits per heavy atom. The summed E-state index contributed by atoms with van der Waals surface area (Å²) < 4.78 is 32.4. The molecule has 0 saturated heterocycles. The maximum absolute atomic E-state index is 11.7. The normalized spacial score (nSPS) is 10.5. The molecule has 0 spiro atoms. The molecule has 0 aromatic rings. The van der Waals surface area contributed by atoms with E-state index in [-0.39, 0.29) is 91.3 Å². The molecule has 12 nitrogen and oxygen atoms in total. The van der Waals surface area contributed by atoms with Crippen LogP contribution in [0.15, 0.2) is 0 Å². The fourth-order valence-corrected chi connectivity index (χ4v) is 2.48. The van der Waals surface area contributed by atoms with Crippen LogP contribution in [0.25, 0.3) is 0 Å². The molecule has 0 rings (SSSR count). The van der Waals surface area contributed by atoms with Crippen LogP contribution in [-0.2, 0) is 24.8 Å². The molecule has 0 atom stereocenters. The summed E-state index contributed by atoms with van der Waals surface area (Å²) in [6.07, 6.45) is 4.30. The van der Waals surface area contributed by atoms with E-state index in [4.69, 9.17) is 22.6 Å². The molecule has 30 heavy (non-hydrogen) atoms. The molecule has 0 aliphatic carbocycles. The predicted molar refractivity (Wildman–Crippen MR) is 90.9 cm³/mol. The number of nitrogens with one attached hydrogen (secondary N) is 1. The van der Waals surface area contributed by atoms with Gasteiger partial charge in [0.2, 0.25) is 16.3 Å². The van der Waals surface area contributed by atoms with Crippen molar-refractivity contribution in [2.45, 2.75) is 39.0 Å². The van der Waals surface area contributed by atoms with Crippen molar-refractivity contribution in [1.29, 1.82) is 0 Å². The minimum absolute atomic E-state index is 0. The number of carboxylic acids is 2. The van der Waals surface area contributed by atoms with E-state index in [2.05, 4.69) is 12.2 Å². The summed E-state index contributed by atoms with van der Waals surface area (Å²) in [7, 11) is -4.92. The van der Waals surface area contributed by atoms with Crippen molar-refractivity contribution in [2.24, 2.45) is 0 Å². The van der Waals surface area contributed by atoms with Gasteiger partial charge in [0, 0.05) is 6.42 Å². The first kappa shape index (κ1) is 37.5. The Morgan fingerprint density at radius 2 is 1.43 bits per heavy atom. The van der Waals surface area contributed by atoms with Crippen LogP contribution < -0.4 is 74.6 Å². The van der Waals surface area contributed by atoms with Gasteiger partial charge in [-0.3, -0.25) is 9.35 Å². The molecule has 0 aliphatic heterocycles. The Kier molecular flexibility index (Phi) is 26.3. The van der Waals surface area contributed by atoms with E-state index in [1.807, 2.05) is 0 Å². The number of hydrogen-bond donors (Lipinski definition) is 3. The second-order valence-corrected chi connectivity index (χ2v) is 7.02. The molecule has 15 heteroatoms. The van der Waals surface area contributed by atoms with Gasteiger partial charge in [-0.25, -0.2) is 8.42 Å². The number of amides is 1. The molecule has 1 amide bonds. The number of nitrogens with zero attached hydrogens (tertiary/aromatic N) is 1. The fraction of sp³-hybridized carbons (Fsp3) is 0.800. The molecule has 0 unspecified atom stereocenters. The van der Waals surface area contributed by atoms with Crippen LogP contribution in [-0.4, -0.2) is 84.3 Å². The quantitative estimate of drug-likeness (QED) is 0.0712. The number of rotatable bonds is 14. The van der Waals surface area contributed by atoms with Crippen molar-refractivity contribution in [2.75, 3.05) is 39.3 Å². The summed E-state index contributed by atoms with van der Waals surface area (Å²) in [5.74, 6) is -2.97. The first-order chi connectivity index (χ1) is 12.8. The third-order valence-corrected chi connectivity index (χ3v) is 3.67. The predicted octanol–water partition coefficient (Wildman–Crippen LogP) is -9.61. The van der Waals surface area contributed by atoms with E-state index < -0.39 is 39.9 Å². The van der Waals surface area contributed by atoms with E-state index >= 15 is 0 Å². The number of carbonyl (C=O) groups is 3. The van der Waals surface area contributed by atoms with Crippen molar-refractivity contribution in [3.63, 3.8) is 0 Å². The Morgan fingerprint density at radius 1 is 0.967 bits per heavy atom. The number of hydrogen-bond acceptors (Lipinski definition) is 9. The van der Waals surface area contributed by atoms with Crippen molar-refractivity contribution in [3.8, 4) is 0 Å². The maximum Gasteiger partial charge on any atom is 1.00 e. The van der Waals surface area contributed by atoms with Gasteiger partial charge in [0.1, 0.15) is 19.6 Å². The zero-order chi connectivity index (χ0) is 22.2. The van der Waals surface area contributed by atoms with Gasteiger partial charge in [-0.2, -0.15) is 0 Å². The zero-order valence-electron chi connectivity index (χ0n) is 17.8. The summed E-state index contributed by atoms with van der Waals surface area (Å²) in [5.41, 5.74) is 0. The van der Waals surface area contributed by atoms with Crippen LogP contribution in [0.5, 0.6) is 0 Å². The Labute approximate surface area is 221 Å². The number of quaternary nitrogens is 1. The van der Waals surface area contributed by atoms with E-state index in [9.17, 15) is 24.6 Å². The van der Waals surface area contributed by atoms with Crippen LogP contribution in [0.3, 0.4) is 0 Å². The first-order valence-electron chi connectivity index (χ1n) is 8.66. The number of aliphatic carboxylic acids is 2. The van der Waals surface area contributed by atoms with Crippen molar-refractivity contribution in [3.05, 3.63) is 0 Å². The topological polar surface area (TPSA) is 207 Å². The van der Waals surface area contributed by atoms with Crippen LogP contribution in [0.2, 0.25) is 0 Å². The summed E-state index contributed by atoms with van der Waals surface area (Å²) in [4.78, 5) is 33.4. The van der Waals surface area contributed by atoms with Gasteiger partial charge < -0.3 is 39.3 Å². The Bertz CT molecular complexity index is 566. The molecule has 0 saturated carbocycles. The third-order valence-electron chi connectivity index (χ3n) is 3.67. The molecule has 0 aromatic carbocycles. The third kappa shape index (κ3) is 28.2. The molecule has 0 fully saturated rings. The largest absolute Gasteiger partial charge is 1.00 e. The van der Waals surface area contributed by atoms with E-state index in [1.165, 1.54) is 0 Å². The average molecular weight is 474 g/mol. The van der Waals surface area contributed by atoms with Gasteiger partial charge >= 0.3 is 59.1 Å². The summed E-state index contributed by atoms with van der Waals surface area (Å²) in [6.45, 7) is 0.741. The summed E-state index contributed by atoms with van der Waals surface area (Å²) in [5, 5.41) is 33.5. The molecule has 0 bridgehead atoms. The van der Waals surface area contributed by atoms with Crippen LogP contribution in [0.4, 0.5) is 0 Å². The van der Waals surface area contributed by atoms with Crippen LogP contribution in [0, 0.1) is 0 Å². The second kappa shape index (κ2) is 21.1. The van der Waals surface area contributed by atoms with Crippen molar-refractivity contribution < 1.29 is 111 Å². The number of carbonyl (C=O) groups excluding carboxylic acids is 3. The molecule has 0 aromatic heterocycles. The Balaban J connectivity index is -0.000000429. The molecule has 166 valence electrons. The molecule has 0 aliphatic rings. The van der Waals surface area contributed by atoms with Gasteiger partial charge in [-0.1, -0.05) is 26.2 Å². The molecule has 0 heterocycles. The SMILES string of the molecule is CCCCCCC(=O)NCC[N+](CCO)(CC(=O)[O-])CC(=O)[O-].O=S(=O)([O-])O.[Na+].[Na+]. The van der Waals surface area contributed by atoms with Gasteiger partial charge in [-0.05, 0) is 6.42 Å². The molecule has 0 radical (unpaired) electrons. The van der Waals surface area contributed by atoms with E-state index in [0.717, 1.165) is 25.7 Å². The van der Waals surface area contributed by atoms with Gasteiger partial charge in [0.05, 0.1) is 31.6 Å². The number of carboxylic acid groups (broad SMARTS) is 2. The summed E-state index contributed by atoms with van der Waals surface area (Å²) in [6, 6.07) is 0. The summed E-state index contributed by atoms with van der Waals surface area (Å²) >= 11 is 0. The van der Waals surface area contributed by atoms with E-state index in [1.54, 1.807) is 0 Å². The standard InChI is InChI=1S/C15H28N2O6.2Na.H2O4S/c1-2-3-4-5-6-13(19)16-7-8-17(9-10-18,11-14(20)21)12-15(22)23;;;1-5(2,3)4/h18H,2-12H2,1H3,(H2-,16,19,20,21,22,23);;;(H2,1,2,3,4)/q;2*+1;/p-2.